The molecule has 1 rings (SSSR count). The van der Waals surface area contributed by atoms with E-state index in [2.05, 4.69) is 9.69 Å². The van der Waals surface area contributed by atoms with Gasteiger partial charge in [0.2, 0.25) is 10.7 Å². The summed E-state index contributed by atoms with van der Waals surface area (Å²) in [7, 11) is 0. The molecule has 0 atom stereocenters. The zero-order valence-corrected chi connectivity index (χ0v) is 11.4. The number of hydrogen-bond donors (Lipinski definition) is 1. The third kappa shape index (κ3) is 3.12. The van der Waals surface area contributed by atoms with E-state index < -0.39 is 44.8 Å². The first-order valence-corrected chi connectivity index (χ1v) is 6.04. The van der Waals surface area contributed by atoms with Crippen LogP contribution in [0, 0.1) is 24.5 Å². The van der Waals surface area contributed by atoms with Gasteiger partial charge in [0.05, 0.1) is 13.1 Å². The van der Waals surface area contributed by atoms with Crippen LogP contribution in [0.25, 0.3) is 15.8 Å². The van der Waals surface area contributed by atoms with Gasteiger partial charge in [-0.2, -0.15) is 38.6 Å². The summed E-state index contributed by atoms with van der Waals surface area (Å²) in [5, 5.41) is 16.5. The van der Waals surface area contributed by atoms with Crippen molar-refractivity contribution in [3.05, 3.63) is 38.8 Å². The van der Waals surface area contributed by atoms with Crippen LogP contribution >= 0.6 is 11.3 Å². The minimum atomic E-state index is -6.06. The van der Waals surface area contributed by atoms with E-state index in [9.17, 15) is 26.7 Å². The van der Waals surface area contributed by atoms with Crippen molar-refractivity contribution in [3.63, 3.8) is 0 Å². The van der Waals surface area contributed by atoms with E-state index in [1.54, 1.807) is 0 Å². The highest BCUT2D eigenvalue weighted by molar-refractivity contribution is 7.18. The molecular formula is C12H2F5N3O2S. The van der Waals surface area contributed by atoms with E-state index in [1.165, 1.54) is 0 Å². The van der Waals surface area contributed by atoms with Crippen LogP contribution < -0.4 is 0 Å². The Kier molecular flexibility index (Phi) is 4.74. The molecule has 0 spiro atoms. The van der Waals surface area contributed by atoms with Gasteiger partial charge < -0.3 is 5.11 Å². The lowest BCUT2D eigenvalue weighted by Crippen LogP contribution is -2.33. The maximum atomic E-state index is 13.7. The number of alkyl halides is 5. The first-order valence-electron chi connectivity index (χ1n) is 5.23. The van der Waals surface area contributed by atoms with Gasteiger partial charge in [0, 0.05) is 10.4 Å². The molecule has 0 unspecified atom stereocenters. The highest BCUT2D eigenvalue weighted by Gasteiger charge is 2.60. The Bertz CT molecular complexity index is 818. The highest BCUT2D eigenvalue weighted by atomic mass is 32.1. The molecule has 11 heteroatoms. The maximum Gasteiger partial charge on any atom is 0.456 e. The molecule has 0 amide bonds. The third-order valence-electron chi connectivity index (χ3n) is 2.40. The van der Waals surface area contributed by atoms with E-state index in [0.717, 1.165) is 6.07 Å². The van der Waals surface area contributed by atoms with E-state index in [4.69, 9.17) is 23.5 Å². The fourth-order valence-corrected chi connectivity index (χ4v) is 2.43. The number of halogens is 5. The van der Waals surface area contributed by atoms with Gasteiger partial charge >= 0.3 is 18.1 Å². The minimum absolute atomic E-state index is 0.0760. The molecule has 1 heterocycles. The fourth-order valence-electron chi connectivity index (χ4n) is 1.43. The molecular weight excluding hydrogens is 345 g/mol. The number of aliphatic carboxylic acids is 1. The summed E-state index contributed by atoms with van der Waals surface area (Å²) in [5.41, 5.74) is -4.16. The molecule has 0 saturated carbocycles. The summed E-state index contributed by atoms with van der Waals surface area (Å²) in [5.74, 6) is -7.34. The largest absolute Gasteiger partial charge is 0.477 e. The second kappa shape index (κ2) is 6.03. The van der Waals surface area contributed by atoms with Crippen molar-refractivity contribution in [3.8, 4) is 6.07 Å². The van der Waals surface area contributed by atoms with Crippen molar-refractivity contribution in [1.29, 1.82) is 5.26 Å². The number of rotatable bonds is 3. The molecule has 5 nitrogen and oxygen atoms in total. The number of carbonyl (C=O) groups is 1. The first-order chi connectivity index (χ1) is 10.5. The number of carboxylic acid groups (broad SMARTS) is 1. The molecule has 1 aromatic heterocycles. The van der Waals surface area contributed by atoms with Crippen LogP contribution in [0.15, 0.2) is 5.57 Å². The second-order valence-electron chi connectivity index (χ2n) is 3.77. The number of nitrogens with zero attached hydrogens (tertiary/aromatic N) is 3. The Balaban J connectivity index is 3.87. The lowest BCUT2D eigenvalue weighted by Gasteiger charge is -2.20. The van der Waals surface area contributed by atoms with Gasteiger partial charge in [0.1, 0.15) is 11.6 Å². The Morgan fingerprint density at radius 1 is 1.26 bits per heavy atom. The summed E-state index contributed by atoms with van der Waals surface area (Å²) in [6, 6.07) is 1.12. The van der Waals surface area contributed by atoms with Crippen molar-refractivity contribution >= 4 is 34.1 Å². The average molecular weight is 347 g/mol. The standard InChI is InChI=1S/C12H2F5N3O2S/c1-19-8-7(11(13,14)12(15,16)17)6(23-9(8)20-2)3-5(4-18)10(21)22/h3H,(H,21,22)/b5-3+. The fraction of sp³-hybridized carbons (Fsp3) is 0.167. The zero-order chi connectivity index (χ0) is 18.0. The Labute approximate surface area is 129 Å². The van der Waals surface area contributed by atoms with E-state index in [1.807, 2.05) is 0 Å². The van der Waals surface area contributed by atoms with Crippen molar-refractivity contribution in [2.75, 3.05) is 0 Å². The molecule has 0 aliphatic heterocycles. The minimum Gasteiger partial charge on any atom is -0.477 e. The Hall–Kier alpha value is -2.97. The van der Waals surface area contributed by atoms with Gasteiger partial charge in [-0.05, 0) is 6.08 Å². The molecule has 0 saturated heterocycles. The molecule has 0 radical (unpaired) electrons. The summed E-state index contributed by atoms with van der Waals surface area (Å²) >= 11 is 0.0760. The lowest BCUT2D eigenvalue weighted by molar-refractivity contribution is -0.288. The van der Waals surface area contributed by atoms with Crippen molar-refractivity contribution in [2.45, 2.75) is 12.1 Å². The van der Waals surface area contributed by atoms with Crippen molar-refractivity contribution in [1.82, 2.24) is 0 Å². The number of hydrogen-bond acceptors (Lipinski definition) is 3. The van der Waals surface area contributed by atoms with Gasteiger partial charge in [-0.3, -0.25) is 0 Å². The van der Waals surface area contributed by atoms with E-state index in [-0.39, 0.29) is 17.4 Å². The molecule has 0 aliphatic carbocycles. The van der Waals surface area contributed by atoms with Crippen LogP contribution in [0.1, 0.15) is 10.4 Å². The number of nitriles is 1. The second-order valence-corrected chi connectivity index (χ2v) is 4.80. The predicted molar refractivity (Wildman–Crippen MR) is 68.0 cm³/mol. The van der Waals surface area contributed by atoms with Crippen LogP contribution in [0.2, 0.25) is 0 Å². The Morgan fingerprint density at radius 2 is 1.83 bits per heavy atom. The predicted octanol–water partition coefficient (Wildman–Crippen LogP) is 4.50. The molecule has 0 fully saturated rings. The van der Waals surface area contributed by atoms with Crippen LogP contribution in [-0.2, 0) is 10.7 Å². The molecule has 0 aromatic carbocycles. The molecule has 23 heavy (non-hydrogen) atoms. The molecule has 0 aliphatic rings. The van der Waals surface area contributed by atoms with Crippen LogP contribution in [0.5, 0.6) is 0 Å². The van der Waals surface area contributed by atoms with Gasteiger partial charge in [-0.1, -0.05) is 0 Å². The van der Waals surface area contributed by atoms with Gasteiger partial charge in [-0.15, -0.1) is 0 Å². The lowest BCUT2D eigenvalue weighted by atomic mass is 10.1. The SMILES string of the molecule is [C-]#[N+]c1sc(/C=C(\C#N)C(=O)O)c(C(F)(F)C(F)(F)F)c1[N+]#[C-]. The quantitative estimate of drug-likeness (QED) is 0.379. The zero-order valence-electron chi connectivity index (χ0n) is 10.6. The monoisotopic (exact) mass is 347 g/mol. The summed E-state index contributed by atoms with van der Waals surface area (Å²) in [6.45, 7) is 13.5. The van der Waals surface area contributed by atoms with Gasteiger partial charge in [-0.25, -0.2) is 14.5 Å². The average Bonchev–Trinajstić information content (AvgIpc) is 2.80. The van der Waals surface area contributed by atoms with Crippen molar-refractivity contribution in [2.24, 2.45) is 0 Å². The Morgan fingerprint density at radius 3 is 2.17 bits per heavy atom. The third-order valence-corrected chi connectivity index (χ3v) is 3.42. The molecule has 118 valence electrons. The van der Waals surface area contributed by atoms with Crippen LogP contribution in [0.3, 0.4) is 0 Å². The molecule has 0 bridgehead atoms. The van der Waals surface area contributed by atoms with E-state index >= 15 is 0 Å². The first kappa shape index (κ1) is 18.1. The number of thiophene rings is 1. The summed E-state index contributed by atoms with van der Waals surface area (Å²) in [4.78, 5) is 14.9. The van der Waals surface area contributed by atoms with Gasteiger partial charge in [0.15, 0.2) is 0 Å². The normalized spacial score (nSPS) is 12.2. The summed E-state index contributed by atoms with van der Waals surface area (Å²) in [6.07, 6.45) is -5.78. The highest BCUT2D eigenvalue weighted by Crippen LogP contribution is 2.55. The topological polar surface area (TPSA) is 69.8 Å². The molecule has 1 aromatic rings. The van der Waals surface area contributed by atoms with Crippen molar-refractivity contribution < 1.29 is 31.9 Å². The van der Waals surface area contributed by atoms with Gasteiger partial charge in [0.25, 0.3) is 0 Å². The maximum absolute atomic E-state index is 13.7. The van der Waals surface area contributed by atoms with Crippen LogP contribution in [-0.4, -0.2) is 17.3 Å². The van der Waals surface area contributed by atoms with Crippen LogP contribution in [0.4, 0.5) is 32.6 Å². The summed E-state index contributed by atoms with van der Waals surface area (Å²) < 4.78 is 65.0. The van der Waals surface area contributed by atoms with E-state index in [0.29, 0.717) is 0 Å². The molecule has 1 N–H and O–H groups in total. The number of carboxylic acids is 1. The smallest absolute Gasteiger partial charge is 0.456 e.